The van der Waals surface area contributed by atoms with Gasteiger partial charge in [0.1, 0.15) is 5.82 Å². The first-order valence-electron chi connectivity index (χ1n) is 7.40. The van der Waals surface area contributed by atoms with E-state index in [0.717, 1.165) is 5.56 Å². The molecule has 0 fully saturated rings. The van der Waals surface area contributed by atoms with Crippen molar-refractivity contribution in [2.45, 2.75) is 33.4 Å². The largest absolute Gasteiger partial charge is 0.350 e. The van der Waals surface area contributed by atoms with Gasteiger partial charge >= 0.3 is 0 Å². The van der Waals surface area contributed by atoms with E-state index in [1.165, 1.54) is 17.0 Å². The molecule has 0 radical (unpaired) electrons. The summed E-state index contributed by atoms with van der Waals surface area (Å²) < 4.78 is 12.8. The van der Waals surface area contributed by atoms with Gasteiger partial charge in [0.15, 0.2) is 0 Å². The summed E-state index contributed by atoms with van der Waals surface area (Å²) in [6, 6.07) is 5.64. The standard InChI is InChI=1S/C16H24FN3O2/c1-4-20(16(22)11(2)12(3)18)10-15(21)19-9-13-5-7-14(17)8-6-13/h5-8,11-12H,4,9-10,18H2,1-3H3,(H,19,21). The Morgan fingerprint density at radius 3 is 2.36 bits per heavy atom. The van der Waals surface area contributed by atoms with Crippen molar-refractivity contribution in [2.24, 2.45) is 11.7 Å². The van der Waals surface area contributed by atoms with Crippen molar-refractivity contribution in [2.75, 3.05) is 13.1 Å². The van der Waals surface area contributed by atoms with Crippen LogP contribution in [0.1, 0.15) is 26.3 Å². The second-order valence-electron chi connectivity index (χ2n) is 5.40. The zero-order chi connectivity index (χ0) is 16.7. The predicted molar refractivity (Wildman–Crippen MR) is 83.3 cm³/mol. The molecule has 1 aromatic carbocycles. The number of likely N-dealkylation sites (N-methyl/N-ethyl adjacent to an activating group) is 1. The average Bonchev–Trinajstić information content (AvgIpc) is 2.50. The van der Waals surface area contributed by atoms with Crippen molar-refractivity contribution in [1.29, 1.82) is 0 Å². The van der Waals surface area contributed by atoms with E-state index in [0.29, 0.717) is 13.1 Å². The molecule has 0 saturated heterocycles. The van der Waals surface area contributed by atoms with E-state index >= 15 is 0 Å². The summed E-state index contributed by atoms with van der Waals surface area (Å²) in [5, 5.41) is 2.72. The minimum absolute atomic E-state index is 0.00636. The Morgan fingerprint density at radius 1 is 1.27 bits per heavy atom. The Bertz CT molecular complexity index is 503. The van der Waals surface area contributed by atoms with Crippen molar-refractivity contribution in [3.8, 4) is 0 Å². The monoisotopic (exact) mass is 309 g/mol. The highest BCUT2D eigenvalue weighted by Crippen LogP contribution is 2.06. The molecule has 0 aliphatic heterocycles. The molecule has 0 spiro atoms. The zero-order valence-corrected chi connectivity index (χ0v) is 13.3. The summed E-state index contributed by atoms with van der Waals surface area (Å²) in [6.07, 6.45) is 0. The number of nitrogens with two attached hydrogens (primary N) is 1. The second-order valence-corrected chi connectivity index (χ2v) is 5.40. The van der Waals surface area contributed by atoms with Gasteiger partial charge in [0, 0.05) is 19.1 Å². The van der Waals surface area contributed by atoms with Crippen LogP contribution in [0.2, 0.25) is 0 Å². The molecule has 0 aromatic heterocycles. The van der Waals surface area contributed by atoms with Gasteiger partial charge in [0.05, 0.1) is 12.5 Å². The first-order chi connectivity index (χ1) is 10.3. The molecule has 0 aliphatic rings. The van der Waals surface area contributed by atoms with Gasteiger partial charge in [-0.25, -0.2) is 4.39 Å². The van der Waals surface area contributed by atoms with E-state index in [-0.39, 0.29) is 36.1 Å². The van der Waals surface area contributed by atoms with Crippen LogP contribution in [0.15, 0.2) is 24.3 Å². The van der Waals surface area contributed by atoms with Gasteiger partial charge in [-0.05, 0) is 31.5 Å². The highest BCUT2D eigenvalue weighted by Gasteiger charge is 2.23. The Hall–Kier alpha value is -1.95. The van der Waals surface area contributed by atoms with Crippen molar-refractivity contribution in [3.63, 3.8) is 0 Å². The van der Waals surface area contributed by atoms with Gasteiger partial charge in [-0.2, -0.15) is 0 Å². The molecule has 3 N–H and O–H groups in total. The first kappa shape index (κ1) is 18.1. The number of benzene rings is 1. The van der Waals surface area contributed by atoms with Crippen LogP contribution in [0.4, 0.5) is 4.39 Å². The van der Waals surface area contributed by atoms with Gasteiger partial charge in [0.2, 0.25) is 11.8 Å². The molecule has 5 nitrogen and oxygen atoms in total. The lowest BCUT2D eigenvalue weighted by atomic mass is 10.0. The van der Waals surface area contributed by atoms with Crippen LogP contribution in [0.3, 0.4) is 0 Å². The van der Waals surface area contributed by atoms with E-state index in [2.05, 4.69) is 5.32 Å². The van der Waals surface area contributed by atoms with Crippen molar-refractivity contribution in [3.05, 3.63) is 35.6 Å². The molecule has 2 atom stereocenters. The Kier molecular flexibility index (Phi) is 6.98. The fraction of sp³-hybridized carbons (Fsp3) is 0.500. The molecular weight excluding hydrogens is 285 g/mol. The highest BCUT2D eigenvalue weighted by atomic mass is 19.1. The molecule has 122 valence electrons. The number of hydrogen-bond acceptors (Lipinski definition) is 3. The summed E-state index contributed by atoms with van der Waals surface area (Å²) in [7, 11) is 0. The van der Waals surface area contributed by atoms with Gasteiger partial charge < -0.3 is 16.0 Å². The maximum Gasteiger partial charge on any atom is 0.239 e. The minimum atomic E-state index is -0.329. The molecule has 1 aromatic rings. The van der Waals surface area contributed by atoms with Crippen LogP contribution in [-0.4, -0.2) is 35.8 Å². The molecule has 2 amide bonds. The lowest BCUT2D eigenvalue weighted by Crippen LogP contribution is -2.46. The fourth-order valence-electron chi connectivity index (χ4n) is 1.89. The van der Waals surface area contributed by atoms with Crippen LogP contribution in [0.25, 0.3) is 0 Å². The number of carbonyl (C=O) groups excluding carboxylic acids is 2. The van der Waals surface area contributed by atoms with Gasteiger partial charge in [-0.1, -0.05) is 19.1 Å². The lowest BCUT2D eigenvalue weighted by molar-refractivity contribution is -0.139. The topological polar surface area (TPSA) is 75.4 Å². The van der Waals surface area contributed by atoms with E-state index in [1.54, 1.807) is 26.0 Å². The number of nitrogens with one attached hydrogen (secondary N) is 1. The fourth-order valence-corrected chi connectivity index (χ4v) is 1.89. The molecule has 1 rings (SSSR count). The molecule has 0 aliphatic carbocycles. The van der Waals surface area contributed by atoms with Crippen molar-refractivity contribution < 1.29 is 14.0 Å². The lowest BCUT2D eigenvalue weighted by Gasteiger charge is -2.25. The third-order valence-electron chi connectivity index (χ3n) is 3.61. The van der Waals surface area contributed by atoms with Gasteiger partial charge in [-0.15, -0.1) is 0 Å². The molecule has 2 unspecified atom stereocenters. The minimum Gasteiger partial charge on any atom is -0.350 e. The number of rotatable bonds is 7. The smallest absolute Gasteiger partial charge is 0.239 e. The van der Waals surface area contributed by atoms with Crippen LogP contribution in [0, 0.1) is 11.7 Å². The SMILES string of the molecule is CCN(CC(=O)NCc1ccc(F)cc1)C(=O)C(C)C(C)N. The Balaban J connectivity index is 2.51. The highest BCUT2D eigenvalue weighted by molar-refractivity contribution is 5.86. The van der Waals surface area contributed by atoms with Crippen LogP contribution < -0.4 is 11.1 Å². The van der Waals surface area contributed by atoms with Gasteiger partial charge in [-0.3, -0.25) is 9.59 Å². The number of amides is 2. The van der Waals surface area contributed by atoms with Crippen molar-refractivity contribution >= 4 is 11.8 Å². The average molecular weight is 309 g/mol. The first-order valence-corrected chi connectivity index (χ1v) is 7.40. The predicted octanol–water partition coefficient (Wildman–Crippen LogP) is 1.27. The number of nitrogens with zero attached hydrogens (tertiary/aromatic N) is 1. The second kappa shape index (κ2) is 8.48. The number of carbonyl (C=O) groups is 2. The summed E-state index contributed by atoms with van der Waals surface area (Å²) >= 11 is 0. The van der Waals surface area contributed by atoms with Crippen LogP contribution >= 0.6 is 0 Å². The van der Waals surface area contributed by atoms with E-state index in [4.69, 9.17) is 5.73 Å². The van der Waals surface area contributed by atoms with Crippen LogP contribution in [0.5, 0.6) is 0 Å². The summed E-state index contributed by atoms with van der Waals surface area (Å²) in [5.41, 5.74) is 6.53. The maximum absolute atomic E-state index is 12.8. The molecule has 0 saturated carbocycles. The Labute approximate surface area is 130 Å². The normalized spacial score (nSPS) is 13.3. The Morgan fingerprint density at radius 2 is 1.86 bits per heavy atom. The zero-order valence-electron chi connectivity index (χ0n) is 13.3. The van der Waals surface area contributed by atoms with Gasteiger partial charge in [0.25, 0.3) is 0 Å². The van der Waals surface area contributed by atoms with E-state index in [1.807, 2.05) is 6.92 Å². The molecule has 22 heavy (non-hydrogen) atoms. The quantitative estimate of drug-likeness (QED) is 0.796. The van der Waals surface area contributed by atoms with Crippen molar-refractivity contribution in [1.82, 2.24) is 10.2 Å². The number of halogens is 1. The molecular formula is C16H24FN3O2. The summed E-state index contributed by atoms with van der Waals surface area (Å²) in [4.78, 5) is 25.6. The molecule has 6 heteroatoms. The van der Waals surface area contributed by atoms with E-state index < -0.39 is 0 Å². The third-order valence-corrected chi connectivity index (χ3v) is 3.61. The third kappa shape index (κ3) is 5.44. The maximum atomic E-state index is 12.8. The van der Waals surface area contributed by atoms with Crippen LogP contribution in [-0.2, 0) is 16.1 Å². The van der Waals surface area contributed by atoms with E-state index in [9.17, 15) is 14.0 Å². The molecule has 0 heterocycles. The summed E-state index contributed by atoms with van der Waals surface area (Å²) in [6.45, 7) is 6.08. The summed E-state index contributed by atoms with van der Waals surface area (Å²) in [5.74, 6) is -1.03. The molecule has 0 bridgehead atoms. The number of hydrogen-bond donors (Lipinski definition) is 2.